The van der Waals surface area contributed by atoms with Gasteiger partial charge in [0.1, 0.15) is 5.82 Å². The summed E-state index contributed by atoms with van der Waals surface area (Å²) in [7, 11) is 0. The second-order valence-corrected chi connectivity index (χ2v) is 4.85. The molecule has 1 aliphatic rings. The summed E-state index contributed by atoms with van der Waals surface area (Å²) in [5.74, 6) is -1.60. The van der Waals surface area contributed by atoms with E-state index in [1.54, 1.807) is 24.3 Å². The maximum absolute atomic E-state index is 12.9. The van der Waals surface area contributed by atoms with Gasteiger partial charge in [-0.2, -0.15) is 13.2 Å². The highest BCUT2D eigenvalue weighted by Gasteiger charge is 2.42. The third-order valence-electron chi connectivity index (χ3n) is 3.43. The second-order valence-electron chi connectivity index (χ2n) is 4.85. The summed E-state index contributed by atoms with van der Waals surface area (Å²) in [5, 5.41) is 2.95. The number of allylic oxidation sites excluding steroid dienone is 3. The molecule has 3 rings (SSSR count). The number of aromatic amines is 1. The average molecular weight is 294 g/mol. The molecule has 0 radical (unpaired) electrons. The van der Waals surface area contributed by atoms with Crippen LogP contribution >= 0.6 is 0 Å². The lowest BCUT2D eigenvalue weighted by Crippen LogP contribution is -2.32. The highest BCUT2D eigenvalue weighted by Crippen LogP contribution is 2.35. The molecule has 0 aromatic carbocycles. The fourth-order valence-corrected chi connectivity index (χ4v) is 2.34. The third kappa shape index (κ3) is 2.91. The van der Waals surface area contributed by atoms with E-state index < -0.39 is 18.0 Å². The lowest BCUT2D eigenvalue weighted by atomic mass is 9.88. The van der Waals surface area contributed by atoms with Crippen molar-refractivity contribution in [2.45, 2.75) is 6.18 Å². The molecule has 110 valence electrons. The summed E-state index contributed by atoms with van der Waals surface area (Å²) in [6, 6.07) is 3.50. The minimum absolute atomic E-state index is 0.161. The Morgan fingerprint density at radius 2 is 2.00 bits per heavy atom. The molecule has 21 heavy (non-hydrogen) atoms. The number of H-pyrrole nitrogens is 1. The zero-order valence-corrected chi connectivity index (χ0v) is 10.9. The first-order valence-corrected chi connectivity index (χ1v) is 6.50. The Hall–Kier alpha value is -2.31. The number of nitrogens with zero attached hydrogens (tertiary/aromatic N) is 2. The molecule has 2 atom stereocenters. The number of fused-ring (bicyclic) bond motifs is 1. The van der Waals surface area contributed by atoms with E-state index in [-0.39, 0.29) is 6.54 Å². The van der Waals surface area contributed by atoms with Gasteiger partial charge in [0.15, 0.2) is 5.65 Å². The number of rotatable bonds is 3. The summed E-state index contributed by atoms with van der Waals surface area (Å²) in [5.41, 5.74) is 1.32. The molecule has 0 bridgehead atoms. The zero-order chi connectivity index (χ0) is 14.9. The number of anilines is 1. The molecule has 1 aliphatic carbocycles. The smallest absolute Gasteiger partial charge is 0.369 e. The van der Waals surface area contributed by atoms with Crippen LogP contribution in [0.2, 0.25) is 0 Å². The van der Waals surface area contributed by atoms with Crippen molar-refractivity contribution in [1.82, 2.24) is 15.0 Å². The van der Waals surface area contributed by atoms with Crippen LogP contribution in [0.5, 0.6) is 0 Å². The van der Waals surface area contributed by atoms with E-state index in [1.807, 2.05) is 0 Å². The number of pyridine rings is 1. The number of imidazole rings is 1. The topological polar surface area (TPSA) is 53.6 Å². The molecule has 0 saturated carbocycles. The quantitative estimate of drug-likeness (QED) is 0.913. The minimum atomic E-state index is -4.24. The SMILES string of the molecule is FC(F)(F)C1C=CC=CC1CNc1ccc2[nH]cnc2n1. The van der Waals surface area contributed by atoms with E-state index >= 15 is 0 Å². The number of alkyl halides is 3. The lowest BCUT2D eigenvalue weighted by Gasteiger charge is -2.26. The summed E-state index contributed by atoms with van der Waals surface area (Å²) in [6.07, 6.45) is 3.11. The Balaban J connectivity index is 1.71. The predicted octanol–water partition coefficient (Wildman–Crippen LogP) is 3.29. The molecule has 4 nitrogen and oxygen atoms in total. The van der Waals surface area contributed by atoms with E-state index in [9.17, 15) is 13.2 Å². The molecule has 0 fully saturated rings. The van der Waals surface area contributed by atoms with Crippen molar-refractivity contribution in [3.8, 4) is 0 Å². The molecule has 0 spiro atoms. The summed E-state index contributed by atoms with van der Waals surface area (Å²) in [4.78, 5) is 11.2. The minimum Gasteiger partial charge on any atom is -0.369 e. The second kappa shape index (κ2) is 5.23. The van der Waals surface area contributed by atoms with Crippen LogP contribution in [0.25, 0.3) is 11.2 Å². The Bertz CT molecular complexity index is 687. The van der Waals surface area contributed by atoms with Gasteiger partial charge in [-0.25, -0.2) is 9.97 Å². The standard InChI is InChI=1S/C14H13F3N4/c15-14(16,17)10-4-2-1-3-9(10)7-18-12-6-5-11-13(21-12)20-8-19-11/h1-6,8-10H,7H2,(H2,18,19,20,21). The highest BCUT2D eigenvalue weighted by molar-refractivity contribution is 5.72. The van der Waals surface area contributed by atoms with E-state index in [2.05, 4.69) is 20.3 Å². The van der Waals surface area contributed by atoms with Crippen molar-refractivity contribution < 1.29 is 13.2 Å². The van der Waals surface area contributed by atoms with Crippen LogP contribution in [-0.4, -0.2) is 27.7 Å². The van der Waals surface area contributed by atoms with Crippen LogP contribution in [0, 0.1) is 11.8 Å². The van der Waals surface area contributed by atoms with Crippen LogP contribution in [0.4, 0.5) is 19.0 Å². The lowest BCUT2D eigenvalue weighted by molar-refractivity contribution is -0.169. The fourth-order valence-electron chi connectivity index (χ4n) is 2.34. The molecule has 7 heteroatoms. The number of aromatic nitrogens is 3. The third-order valence-corrected chi connectivity index (χ3v) is 3.43. The van der Waals surface area contributed by atoms with Gasteiger partial charge < -0.3 is 10.3 Å². The van der Waals surface area contributed by atoms with Crippen LogP contribution in [-0.2, 0) is 0 Å². The van der Waals surface area contributed by atoms with Gasteiger partial charge >= 0.3 is 6.18 Å². The molecule has 2 N–H and O–H groups in total. The van der Waals surface area contributed by atoms with Crippen molar-refractivity contribution in [1.29, 1.82) is 0 Å². The number of nitrogens with one attached hydrogen (secondary N) is 2. The van der Waals surface area contributed by atoms with E-state index in [1.165, 1.54) is 18.5 Å². The Kier molecular flexibility index (Phi) is 3.40. The zero-order valence-electron chi connectivity index (χ0n) is 10.9. The van der Waals surface area contributed by atoms with Crippen LogP contribution in [0.3, 0.4) is 0 Å². The van der Waals surface area contributed by atoms with E-state index in [4.69, 9.17) is 0 Å². The van der Waals surface area contributed by atoms with E-state index in [0.717, 1.165) is 5.52 Å². The first-order chi connectivity index (χ1) is 10.0. The molecule has 2 aromatic rings. The number of hydrogen-bond acceptors (Lipinski definition) is 3. The maximum atomic E-state index is 12.9. The Morgan fingerprint density at radius 3 is 2.81 bits per heavy atom. The van der Waals surface area contributed by atoms with Gasteiger partial charge in [0.2, 0.25) is 0 Å². The average Bonchev–Trinajstić information content (AvgIpc) is 2.92. The number of halogens is 3. The predicted molar refractivity (Wildman–Crippen MR) is 73.7 cm³/mol. The normalized spacial score (nSPS) is 21.9. The summed E-state index contributed by atoms with van der Waals surface area (Å²) in [6.45, 7) is 0.161. The summed E-state index contributed by atoms with van der Waals surface area (Å²) < 4.78 is 38.8. The van der Waals surface area contributed by atoms with Crippen LogP contribution in [0.1, 0.15) is 0 Å². The first kappa shape index (κ1) is 13.7. The number of hydrogen-bond donors (Lipinski definition) is 2. The van der Waals surface area contributed by atoms with Crippen molar-refractivity contribution >= 4 is 17.0 Å². The molecular weight excluding hydrogens is 281 g/mol. The largest absolute Gasteiger partial charge is 0.395 e. The molecule has 2 aromatic heterocycles. The van der Waals surface area contributed by atoms with E-state index in [0.29, 0.717) is 11.5 Å². The van der Waals surface area contributed by atoms with Gasteiger partial charge in [0, 0.05) is 12.5 Å². The van der Waals surface area contributed by atoms with Crippen molar-refractivity contribution in [2.24, 2.45) is 11.8 Å². The molecule has 2 heterocycles. The molecule has 0 aliphatic heterocycles. The fraction of sp³-hybridized carbons (Fsp3) is 0.286. The van der Waals surface area contributed by atoms with Gasteiger partial charge in [-0.05, 0) is 12.1 Å². The molecule has 0 saturated heterocycles. The van der Waals surface area contributed by atoms with Gasteiger partial charge in [-0.1, -0.05) is 24.3 Å². The first-order valence-electron chi connectivity index (χ1n) is 6.50. The van der Waals surface area contributed by atoms with Crippen molar-refractivity contribution in [3.63, 3.8) is 0 Å². The summed E-state index contributed by atoms with van der Waals surface area (Å²) >= 11 is 0. The van der Waals surface area contributed by atoms with Gasteiger partial charge in [-0.15, -0.1) is 0 Å². The molecular formula is C14H13F3N4. The maximum Gasteiger partial charge on any atom is 0.395 e. The van der Waals surface area contributed by atoms with Crippen molar-refractivity contribution in [2.75, 3.05) is 11.9 Å². The highest BCUT2D eigenvalue weighted by atomic mass is 19.4. The monoisotopic (exact) mass is 294 g/mol. The van der Waals surface area contributed by atoms with Gasteiger partial charge in [0.05, 0.1) is 17.8 Å². The van der Waals surface area contributed by atoms with Gasteiger partial charge in [0.25, 0.3) is 0 Å². The van der Waals surface area contributed by atoms with Gasteiger partial charge in [-0.3, -0.25) is 0 Å². The molecule has 0 amide bonds. The van der Waals surface area contributed by atoms with Crippen LogP contribution < -0.4 is 5.32 Å². The Labute approximate surface area is 118 Å². The molecule has 2 unspecified atom stereocenters. The van der Waals surface area contributed by atoms with Crippen LogP contribution in [0.15, 0.2) is 42.8 Å². The van der Waals surface area contributed by atoms with Crippen molar-refractivity contribution in [3.05, 3.63) is 42.8 Å². The Morgan fingerprint density at radius 1 is 1.19 bits per heavy atom.